The van der Waals surface area contributed by atoms with Gasteiger partial charge in [0.1, 0.15) is 17.4 Å². The number of hydrogen-bond acceptors (Lipinski definition) is 4. The number of aromatic nitrogens is 2. The molecule has 3 N–H and O–H groups in total. The second-order valence-corrected chi connectivity index (χ2v) is 5.49. The first-order valence-corrected chi connectivity index (χ1v) is 7.56. The van der Waals surface area contributed by atoms with E-state index in [1.807, 2.05) is 26.0 Å². The van der Waals surface area contributed by atoms with Gasteiger partial charge in [-0.2, -0.15) is 0 Å². The van der Waals surface area contributed by atoms with Gasteiger partial charge < -0.3 is 15.5 Å². The SMILES string of the molecule is CCc1nc2cc(C)ccn2c1C(=O)NC(CCC(=O)O)C(=O)O. The van der Waals surface area contributed by atoms with E-state index < -0.39 is 23.9 Å². The lowest BCUT2D eigenvalue weighted by Gasteiger charge is -2.14. The second-order valence-electron chi connectivity index (χ2n) is 5.49. The average molecular weight is 333 g/mol. The molecule has 8 nitrogen and oxygen atoms in total. The Labute approximate surface area is 138 Å². The van der Waals surface area contributed by atoms with Gasteiger partial charge >= 0.3 is 11.9 Å². The van der Waals surface area contributed by atoms with Crippen LogP contribution in [0.25, 0.3) is 5.65 Å². The van der Waals surface area contributed by atoms with Crippen LogP contribution in [0.5, 0.6) is 0 Å². The number of amides is 1. The molecular formula is C16H19N3O5. The maximum atomic E-state index is 12.6. The molecule has 0 aliphatic heterocycles. The van der Waals surface area contributed by atoms with Crippen LogP contribution in [0, 0.1) is 6.92 Å². The molecular weight excluding hydrogens is 314 g/mol. The van der Waals surface area contributed by atoms with Crippen LogP contribution in [0.15, 0.2) is 18.3 Å². The van der Waals surface area contributed by atoms with Crippen molar-refractivity contribution in [3.63, 3.8) is 0 Å². The standard InChI is InChI=1S/C16H19N3O5/c1-3-10-14(19-7-6-9(2)8-12(19)17-10)15(22)18-11(16(23)24)4-5-13(20)21/h6-8,11H,3-5H2,1-2H3,(H,18,22)(H,20,21)(H,23,24). The topological polar surface area (TPSA) is 121 Å². The number of aryl methyl sites for hydroxylation is 2. The van der Waals surface area contributed by atoms with Gasteiger partial charge in [-0.3, -0.25) is 14.0 Å². The first kappa shape index (κ1) is 17.5. The van der Waals surface area contributed by atoms with Crippen LogP contribution in [0.1, 0.15) is 41.5 Å². The van der Waals surface area contributed by atoms with E-state index in [4.69, 9.17) is 5.11 Å². The van der Waals surface area contributed by atoms with Crippen LogP contribution >= 0.6 is 0 Å². The van der Waals surface area contributed by atoms with Gasteiger partial charge in [-0.15, -0.1) is 0 Å². The number of imidazole rings is 1. The smallest absolute Gasteiger partial charge is 0.326 e. The molecule has 128 valence electrons. The lowest BCUT2D eigenvalue weighted by Crippen LogP contribution is -2.41. The third kappa shape index (κ3) is 3.70. The van der Waals surface area contributed by atoms with Crippen molar-refractivity contribution in [1.82, 2.24) is 14.7 Å². The largest absolute Gasteiger partial charge is 0.481 e. The van der Waals surface area contributed by atoms with Gasteiger partial charge in [-0.25, -0.2) is 9.78 Å². The third-order valence-electron chi connectivity index (χ3n) is 3.65. The molecule has 2 aromatic rings. The molecule has 0 aromatic carbocycles. The Hall–Kier alpha value is -2.90. The summed E-state index contributed by atoms with van der Waals surface area (Å²) in [6, 6.07) is 2.38. The number of pyridine rings is 1. The van der Waals surface area contributed by atoms with E-state index in [0.717, 1.165) is 5.56 Å². The fraction of sp³-hybridized carbons (Fsp3) is 0.375. The fourth-order valence-electron chi connectivity index (χ4n) is 2.43. The lowest BCUT2D eigenvalue weighted by molar-refractivity contribution is -0.140. The highest BCUT2D eigenvalue weighted by molar-refractivity contribution is 5.97. The van der Waals surface area contributed by atoms with E-state index in [1.165, 1.54) is 0 Å². The number of fused-ring (bicyclic) bond motifs is 1. The predicted molar refractivity (Wildman–Crippen MR) is 85.1 cm³/mol. The molecule has 0 aliphatic rings. The summed E-state index contributed by atoms with van der Waals surface area (Å²) in [5.74, 6) is -2.97. The fourth-order valence-corrected chi connectivity index (χ4v) is 2.43. The number of carbonyl (C=O) groups is 3. The maximum absolute atomic E-state index is 12.6. The minimum atomic E-state index is -1.27. The first-order valence-electron chi connectivity index (χ1n) is 7.56. The van der Waals surface area contributed by atoms with E-state index in [0.29, 0.717) is 17.8 Å². The van der Waals surface area contributed by atoms with E-state index in [2.05, 4.69) is 10.3 Å². The van der Waals surface area contributed by atoms with Crippen LogP contribution < -0.4 is 5.32 Å². The Morgan fingerprint density at radius 2 is 2.04 bits per heavy atom. The average Bonchev–Trinajstić information content (AvgIpc) is 2.88. The predicted octanol–water partition coefficient (Wildman–Crippen LogP) is 1.25. The zero-order valence-corrected chi connectivity index (χ0v) is 13.4. The van der Waals surface area contributed by atoms with Crippen LogP contribution in [-0.2, 0) is 16.0 Å². The number of rotatable bonds is 7. The minimum absolute atomic E-state index is 0.187. The summed E-state index contributed by atoms with van der Waals surface area (Å²) in [5.41, 5.74) is 2.43. The van der Waals surface area contributed by atoms with E-state index in [1.54, 1.807) is 10.6 Å². The Kier molecular flexibility index (Phi) is 5.18. The van der Waals surface area contributed by atoms with Crippen molar-refractivity contribution >= 4 is 23.5 Å². The summed E-state index contributed by atoms with van der Waals surface area (Å²) in [6.45, 7) is 3.76. The normalized spacial score (nSPS) is 12.1. The molecule has 0 saturated carbocycles. The molecule has 2 heterocycles. The lowest BCUT2D eigenvalue weighted by atomic mass is 10.1. The number of hydrogen-bond donors (Lipinski definition) is 3. The highest BCUT2D eigenvalue weighted by Gasteiger charge is 2.25. The number of nitrogens with zero attached hydrogens (tertiary/aromatic N) is 2. The van der Waals surface area contributed by atoms with Crippen molar-refractivity contribution in [2.24, 2.45) is 0 Å². The van der Waals surface area contributed by atoms with E-state index >= 15 is 0 Å². The number of aliphatic carboxylic acids is 2. The van der Waals surface area contributed by atoms with Crippen LogP contribution in [0.2, 0.25) is 0 Å². The molecule has 24 heavy (non-hydrogen) atoms. The van der Waals surface area contributed by atoms with Gasteiger partial charge in [0, 0.05) is 12.6 Å². The highest BCUT2D eigenvalue weighted by atomic mass is 16.4. The number of carboxylic acids is 2. The highest BCUT2D eigenvalue weighted by Crippen LogP contribution is 2.15. The van der Waals surface area contributed by atoms with Crippen LogP contribution in [0.4, 0.5) is 0 Å². The molecule has 0 spiro atoms. The Bertz CT molecular complexity index is 796. The summed E-state index contributed by atoms with van der Waals surface area (Å²) in [4.78, 5) is 38.8. The Morgan fingerprint density at radius 1 is 1.33 bits per heavy atom. The van der Waals surface area contributed by atoms with Crippen molar-refractivity contribution in [2.45, 2.75) is 39.2 Å². The number of nitrogens with one attached hydrogen (secondary N) is 1. The Balaban J connectivity index is 2.32. The van der Waals surface area contributed by atoms with Gasteiger partial charge in [0.15, 0.2) is 0 Å². The second kappa shape index (κ2) is 7.12. The number of carboxylic acid groups (broad SMARTS) is 2. The monoisotopic (exact) mass is 333 g/mol. The summed E-state index contributed by atoms with van der Waals surface area (Å²) < 4.78 is 1.61. The van der Waals surface area contributed by atoms with Gasteiger partial charge in [-0.1, -0.05) is 6.92 Å². The van der Waals surface area contributed by atoms with Gasteiger partial charge in [-0.05, 0) is 37.5 Å². The van der Waals surface area contributed by atoms with Crippen molar-refractivity contribution in [3.05, 3.63) is 35.3 Å². The molecule has 1 atom stereocenters. The number of carbonyl (C=O) groups excluding carboxylic acids is 1. The summed E-state index contributed by atoms with van der Waals surface area (Å²) in [5, 5.41) is 20.3. The molecule has 0 bridgehead atoms. The zero-order chi connectivity index (χ0) is 17.9. The molecule has 2 rings (SSSR count). The minimum Gasteiger partial charge on any atom is -0.481 e. The molecule has 1 amide bonds. The van der Waals surface area contributed by atoms with Gasteiger partial charge in [0.25, 0.3) is 5.91 Å². The molecule has 0 radical (unpaired) electrons. The molecule has 1 unspecified atom stereocenters. The van der Waals surface area contributed by atoms with Crippen LogP contribution in [-0.4, -0.2) is 43.5 Å². The van der Waals surface area contributed by atoms with Gasteiger partial charge in [0.2, 0.25) is 0 Å². The molecule has 8 heteroatoms. The Morgan fingerprint density at radius 3 is 2.62 bits per heavy atom. The van der Waals surface area contributed by atoms with Crippen LogP contribution in [0.3, 0.4) is 0 Å². The van der Waals surface area contributed by atoms with Gasteiger partial charge in [0.05, 0.1) is 5.69 Å². The first-order chi connectivity index (χ1) is 11.3. The summed E-state index contributed by atoms with van der Waals surface area (Å²) in [7, 11) is 0. The van der Waals surface area contributed by atoms with E-state index in [-0.39, 0.29) is 18.5 Å². The van der Waals surface area contributed by atoms with Crippen molar-refractivity contribution in [1.29, 1.82) is 0 Å². The van der Waals surface area contributed by atoms with Crippen molar-refractivity contribution < 1.29 is 24.6 Å². The quantitative estimate of drug-likeness (QED) is 0.701. The maximum Gasteiger partial charge on any atom is 0.326 e. The molecule has 0 fully saturated rings. The van der Waals surface area contributed by atoms with Crippen molar-refractivity contribution in [3.8, 4) is 0 Å². The van der Waals surface area contributed by atoms with Crippen molar-refractivity contribution in [2.75, 3.05) is 0 Å². The molecule has 0 saturated heterocycles. The summed E-state index contributed by atoms with van der Waals surface area (Å²) in [6.07, 6.45) is 1.69. The zero-order valence-electron chi connectivity index (χ0n) is 13.4. The third-order valence-corrected chi connectivity index (χ3v) is 3.65. The molecule has 2 aromatic heterocycles. The van der Waals surface area contributed by atoms with E-state index in [9.17, 15) is 19.5 Å². The molecule has 0 aliphatic carbocycles. The summed E-state index contributed by atoms with van der Waals surface area (Å²) >= 11 is 0.